The molecule has 172 valence electrons. The molecule has 0 aromatic carbocycles. The molecule has 4 rings (SSSR count). The van der Waals surface area contributed by atoms with Crippen LogP contribution in [0.5, 0.6) is 0 Å². The van der Waals surface area contributed by atoms with Gasteiger partial charge in [0.05, 0.1) is 24.4 Å². The number of anilines is 1. The molecule has 0 saturated carbocycles. The van der Waals surface area contributed by atoms with Crippen molar-refractivity contribution in [2.45, 2.75) is 64.1 Å². The van der Waals surface area contributed by atoms with E-state index in [1.165, 1.54) is 25.2 Å². The number of halogens is 1. The summed E-state index contributed by atoms with van der Waals surface area (Å²) in [6.45, 7) is 6.57. The summed E-state index contributed by atoms with van der Waals surface area (Å²) >= 11 is 0. The number of piperidine rings is 2. The monoisotopic (exact) mass is 433 g/mol. The highest BCUT2D eigenvalue weighted by Crippen LogP contribution is 2.45. The number of hydrogen-bond acceptors (Lipinski definition) is 6. The number of carbonyl (C=O) groups excluding carboxylic acids is 1. The number of nitrogens with two attached hydrogens (primary N) is 1. The summed E-state index contributed by atoms with van der Waals surface area (Å²) in [6, 6.07) is 1.08. The highest BCUT2D eigenvalue weighted by Gasteiger charge is 2.46. The Labute approximate surface area is 184 Å². The lowest BCUT2D eigenvalue weighted by Crippen LogP contribution is -2.53. The Bertz CT molecular complexity index is 747. The lowest BCUT2D eigenvalue weighted by atomic mass is 9.74. The van der Waals surface area contributed by atoms with Crippen LogP contribution in [0.1, 0.15) is 46.0 Å². The zero-order valence-corrected chi connectivity index (χ0v) is 18.9. The van der Waals surface area contributed by atoms with Crippen molar-refractivity contribution >= 4 is 11.9 Å². The van der Waals surface area contributed by atoms with Gasteiger partial charge in [0.25, 0.3) is 0 Å². The number of carbonyl (C=O) groups is 1. The zero-order chi connectivity index (χ0) is 22.1. The Morgan fingerprint density at radius 1 is 1.23 bits per heavy atom. The minimum absolute atomic E-state index is 0.0784. The Morgan fingerprint density at radius 3 is 2.42 bits per heavy atom. The maximum Gasteiger partial charge on any atom is 0.225 e. The smallest absolute Gasteiger partial charge is 0.225 e. The summed E-state index contributed by atoms with van der Waals surface area (Å²) < 4.78 is 19.1. The van der Waals surface area contributed by atoms with E-state index in [9.17, 15) is 9.18 Å². The fraction of sp³-hybridized carbons (Fsp3) is 0.783. The number of primary amides is 1. The second kappa shape index (κ2) is 9.36. The standard InChI is InChI=1S/C23H36FN5O2/c1-14(2)20(22(25)30)12-29-17-4-5-18(29)9-15(8-17)19-6-7-28(13-21(19)31-3)23-26-10-16(24)11-27-23/h10-11,14-15,17-21H,4-9,12-13H2,1-3H3,(H2,25,30)/t15?,17-,18+,19-,20-,21-/m1/s1. The third-order valence-corrected chi connectivity index (χ3v) is 7.91. The molecule has 7 nitrogen and oxygen atoms in total. The van der Waals surface area contributed by atoms with Gasteiger partial charge in [-0.2, -0.15) is 0 Å². The van der Waals surface area contributed by atoms with E-state index in [1.807, 2.05) is 0 Å². The number of nitrogens with zero attached hydrogens (tertiary/aromatic N) is 4. The van der Waals surface area contributed by atoms with Crippen LogP contribution >= 0.6 is 0 Å². The van der Waals surface area contributed by atoms with Crippen molar-refractivity contribution in [3.8, 4) is 0 Å². The first-order chi connectivity index (χ1) is 14.9. The SMILES string of the molecule is CO[C@@H]1CN(c2ncc(F)cn2)CC[C@@H]1C1C[C@H]2CC[C@@H](C1)N2C[C@@H](C(N)=O)C(C)C. The highest BCUT2D eigenvalue weighted by molar-refractivity contribution is 5.77. The fourth-order valence-corrected chi connectivity index (χ4v) is 6.19. The van der Waals surface area contributed by atoms with Gasteiger partial charge in [-0.3, -0.25) is 9.69 Å². The van der Waals surface area contributed by atoms with E-state index in [4.69, 9.17) is 10.5 Å². The lowest BCUT2D eigenvalue weighted by molar-refractivity contribution is -0.124. The third kappa shape index (κ3) is 4.70. The van der Waals surface area contributed by atoms with Gasteiger partial charge < -0.3 is 15.4 Å². The maximum atomic E-state index is 13.2. The van der Waals surface area contributed by atoms with E-state index in [-0.39, 0.29) is 23.8 Å². The number of ether oxygens (including phenoxy) is 1. The molecular weight excluding hydrogens is 397 g/mol. The first kappa shape index (κ1) is 22.4. The van der Waals surface area contributed by atoms with Crippen LogP contribution in [0.3, 0.4) is 0 Å². The number of aromatic nitrogens is 2. The number of rotatable bonds is 7. The van der Waals surface area contributed by atoms with Crippen LogP contribution in [0.4, 0.5) is 10.3 Å². The topological polar surface area (TPSA) is 84.6 Å². The molecule has 3 fully saturated rings. The number of methoxy groups -OCH3 is 1. The Kier molecular flexibility index (Phi) is 6.77. The zero-order valence-electron chi connectivity index (χ0n) is 18.9. The molecule has 1 aromatic heterocycles. The van der Waals surface area contributed by atoms with Gasteiger partial charge in [-0.1, -0.05) is 13.8 Å². The molecule has 1 amide bonds. The van der Waals surface area contributed by atoms with Gasteiger partial charge in [0.1, 0.15) is 0 Å². The molecule has 3 aliphatic rings. The molecule has 8 heteroatoms. The van der Waals surface area contributed by atoms with E-state index in [0.717, 1.165) is 38.9 Å². The van der Waals surface area contributed by atoms with Crippen molar-refractivity contribution in [3.63, 3.8) is 0 Å². The van der Waals surface area contributed by atoms with Gasteiger partial charge in [-0.15, -0.1) is 0 Å². The molecule has 6 atom stereocenters. The Hall–Kier alpha value is -1.80. The first-order valence-electron chi connectivity index (χ1n) is 11.7. The predicted molar refractivity (Wildman–Crippen MR) is 117 cm³/mol. The summed E-state index contributed by atoms with van der Waals surface area (Å²) in [4.78, 5) is 24.9. The van der Waals surface area contributed by atoms with E-state index < -0.39 is 5.82 Å². The molecule has 4 heterocycles. The molecule has 0 radical (unpaired) electrons. The average Bonchev–Trinajstić information content (AvgIpc) is 2.98. The van der Waals surface area contributed by atoms with Gasteiger partial charge in [0.2, 0.25) is 11.9 Å². The van der Waals surface area contributed by atoms with Gasteiger partial charge in [-0.05, 0) is 49.9 Å². The van der Waals surface area contributed by atoms with E-state index in [1.54, 1.807) is 7.11 Å². The fourth-order valence-electron chi connectivity index (χ4n) is 6.19. The number of amides is 1. The van der Waals surface area contributed by atoms with Crippen LogP contribution in [0.25, 0.3) is 0 Å². The van der Waals surface area contributed by atoms with Crippen LogP contribution in [0.2, 0.25) is 0 Å². The summed E-state index contributed by atoms with van der Waals surface area (Å²) in [7, 11) is 1.79. The molecule has 0 aliphatic carbocycles. The van der Waals surface area contributed by atoms with Crippen molar-refractivity contribution in [2.24, 2.45) is 29.4 Å². The van der Waals surface area contributed by atoms with Crippen LogP contribution in [-0.2, 0) is 9.53 Å². The van der Waals surface area contributed by atoms with Gasteiger partial charge >= 0.3 is 0 Å². The van der Waals surface area contributed by atoms with Gasteiger partial charge in [0.15, 0.2) is 5.82 Å². The summed E-state index contributed by atoms with van der Waals surface area (Å²) in [5.41, 5.74) is 5.70. The van der Waals surface area contributed by atoms with Crippen molar-refractivity contribution in [2.75, 3.05) is 31.6 Å². The predicted octanol–water partition coefficient (Wildman–Crippen LogP) is 2.46. The Morgan fingerprint density at radius 2 is 1.87 bits per heavy atom. The van der Waals surface area contributed by atoms with Gasteiger partial charge in [0, 0.05) is 38.8 Å². The maximum absolute atomic E-state index is 13.2. The van der Waals surface area contributed by atoms with E-state index >= 15 is 0 Å². The lowest BCUT2D eigenvalue weighted by Gasteiger charge is -2.47. The van der Waals surface area contributed by atoms with Crippen LogP contribution in [0.15, 0.2) is 12.4 Å². The molecule has 2 N–H and O–H groups in total. The van der Waals surface area contributed by atoms with Crippen LogP contribution in [0, 0.1) is 29.5 Å². The summed E-state index contributed by atoms with van der Waals surface area (Å²) in [5, 5.41) is 0. The molecule has 1 aromatic rings. The van der Waals surface area contributed by atoms with Crippen molar-refractivity contribution in [1.82, 2.24) is 14.9 Å². The second-order valence-electron chi connectivity index (χ2n) is 9.94. The number of fused-ring (bicyclic) bond motifs is 2. The Balaban J connectivity index is 1.40. The highest BCUT2D eigenvalue weighted by atomic mass is 19.1. The minimum Gasteiger partial charge on any atom is -0.379 e. The molecular formula is C23H36FN5O2. The molecule has 31 heavy (non-hydrogen) atoms. The molecule has 2 bridgehead atoms. The summed E-state index contributed by atoms with van der Waals surface area (Å²) in [5.74, 6) is 1.30. The molecule has 3 saturated heterocycles. The van der Waals surface area contributed by atoms with E-state index in [0.29, 0.717) is 29.9 Å². The van der Waals surface area contributed by atoms with Crippen LogP contribution < -0.4 is 10.6 Å². The normalized spacial score (nSPS) is 32.4. The second-order valence-corrected chi connectivity index (χ2v) is 9.94. The molecule has 3 aliphatic heterocycles. The van der Waals surface area contributed by atoms with Crippen molar-refractivity contribution in [3.05, 3.63) is 18.2 Å². The van der Waals surface area contributed by atoms with Gasteiger partial charge in [-0.25, -0.2) is 14.4 Å². The van der Waals surface area contributed by atoms with Crippen molar-refractivity contribution in [1.29, 1.82) is 0 Å². The van der Waals surface area contributed by atoms with E-state index in [2.05, 4.69) is 33.6 Å². The van der Waals surface area contributed by atoms with Crippen LogP contribution in [-0.4, -0.2) is 65.7 Å². The summed E-state index contributed by atoms with van der Waals surface area (Å²) in [6.07, 6.45) is 8.34. The van der Waals surface area contributed by atoms with Crippen molar-refractivity contribution < 1.29 is 13.9 Å². The number of hydrogen-bond donors (Lipinski definition) is 1. The first-order valence-corrected chi connectivity index (χ1v) is 11.7. The minimum atomic E-state index is -0.416. The third-order valence-electron chi connectivity index (χ3n) is 7.91. The largest absolute Gasteiger partial charge is 0.379 e. The molecule has 1 unspecified atom stereocenters. The quantitative estimate of drug-likeness (QED) is 0.711. The molecule has 0 spiro atoms. The average molecular weight is 434 g/mol.